The Morgan fingerprint density at radius 2 is 2.07 bits per heavy atom. The van der Waals surface area contributed by atoms with Gasteiger partial charge in [-0.25, -0.2) is 4.79 Å². The molecule has 2 amide bonds. The fraction of sp³-hybridized carbons (Fsp3) is 0.364. The molecule has 0 saturated carbocycles. The van der Waals surface area contributed by atoms with Gasteiger partial charge in [0.05, 0.1) is 0 Å². The number of amides is 2. The van der Waals surface area contributed by atoms with Gasteiger partial charge >= 0.3 is 6.03 Å². The van der Waals surface area contributed by atoms with Crippen molar-refractivity contribution in [2.24, 2.45) is 0 Å². The van der Waals surface area contributed by atoms with E-state index in [1.54, 1.807) is 4.90 Å². The fourth-order valence-electron chi connectivity index (χ4n) is 1.68. The smallest absolute Gasteiger partial charge is 0.324 e. The molecule has 0 atom stereocenters. The molecule has 14 heavy (non-hydrogen) atoms. The summed E-state index contributed by atoms with van der Waals surface area (Å²) in [4.78, 5) is 15.2. The van der Waals surface area contributed by atoms with Crippen molar-refractivity contribution in [2.75, 3.05) is 25.0 Å². The van der Waals surface area contributed by atoms with Gasteiger partial charge < -0.3 is 4.90 Å². The lowest BCUT2D eigenvalue weighted by molar-refractivity contribution is 0.229. The number of rotatable bonds is 1. The first kappa shape index (κ1) is 9.06. The topological polar surface area (TPSA) is 23.6 Å². The van der Waals surface area contributed by atoms with Crippen LogP contribution in [0, 0.1) is 6.92 Å². The molecular weight excluding hydrogens is 176 g/mol. The molecule has 3 nitrogen and oxygen atoms in total. The van der Waals surface area contributed by atoms with E-state index in [2.05, 4.69) is 0 Å². The van der Waals surface area contributed by atoms with E-state index in [1.165, 1.54) is 5.56 Å². The van der Waals surface area contributed by atoms with Crippen molar-refractivity contribution < 1.29 is 4.79 Å². The molecule has 1 aliphatic heterocycles. The number of anilines is 1. The lowest BCUT2D eigenvalue weighted by atomic mass is 10.2. The SMILES string of the molecule is Cc1cccc(N2CCN(C)C2=O)c1. The fourth-order valence-corrected chi connectivity index (χ4v) is 1.68. The van der Waals surface area contributed by atoms with Crippen LogP contribution in [0.4, 0.5) is 10.5 Å². The molecule has 0 N–H and O–H groups in total. The quantitative estimate of drug-likeness (QED) is 0.663. The Hall–Kier alpha value is -1.51. The first-order valence-corrected chi connectivity index (χ1v) is 4.78. The van der Waals surface area contributed by atoms with E-state index in [0.717, 1.165) is 18.8 Å². The Morgan fingerprint density at radius 1 is 1.29 bits per heavy atom. The van der Waals surface area contributed by atoms with Gasteiger partial charge in [0, 0.05) is 25.8 Å². The zero-order valence-corrected chi connectivity index (χ0v) is 8.53. The van der Waals surface area contributed by atoms with Gasteiger partial charge in [-0.1, -0.05) is 12.1 Å². The van der Waals surface area contributed by atoms with E-state index in [1.807, 2.05) is 43.1 Å². The molecule has 1 heterocycles. The van der Waals surface area contributed by atoms with E-state index < -0.39 is 0 Å². The first-order valence-electron chi connectivity index (χ1n) is 4.78. The van der Waals surface area contributed by atoms with Gasteiger partial charge in [-0.3, -0.25) is 4.90 Å². The number of urea groups is 1. The van der Waals surface area contributed by atoms with Crippen molar-refractivity contribution in [1.29, 1.82) is 0 Å². The summed E-state index contributed by atoms with van der Waals surface area (Å²) in [5.74, 6) is 0. The predicted molar refractivity (Wildman–Crippen MR) is 56.6 cm³/mol. The third-order valence-corrected chi connectivity index (χ3v) is 2.53. The van der Waals surface area contributed by atoms with E-state index in [-0.39, 0.29) is 6.03 Å². The minimum Gasteiger partial charge on any atom is -0.326 e. The summed E-state index contributed by atoms with van der Waals surface area (Å²) in [6.07, 6.45) is 0. The predicted octanol–water partition coefficient (Wildman–Crippen LogP) is 1.87. The van der Waals surface area contributed by atoms with Crippen LogP contribution in [0.2, 0.25) is 0 Å². The maximum absolute atomic E-state index is 11.7. The number of benzene rings is 1. The van der Waals surface area contributed by atoms with Crippen LogP contribution in [0.25, 0.3) is 0 Å². The molecule has 1 aliphatic rings. The van der Waals surface area contributed by atoms with Crippen LogP contribution in [-0.2, 0) is 0 Å². The highest BCUT2D eigenvalue weighted by Crippen LogP contribution is 2.20. The second kappa shape index (κ2) is 3.33. The van der Waals surface area contributed by atoms with Crippen LogP contribution in [0.15, 0.2) is 24.3 Å². The number of hydrogen-bond acceptors (Lipinski definition) is 1. The van der Waals surface area contributed by atoms with Crippen molar-refractivity contribution in [3.63, 3.8) is 0 Å². The first-order chi connectivity index (χ1) is 6.68. The van der Waals surface area contributed by atoms with Gasteiger partial charge in [0.2, 0.25) is 0 Å². The van der Waals surface area contributed by atoms with Crippen molar-refractivity contribution in [2.45, 2.75) is 6.92 Å². The zero-order valence-electron chi connectivity index (χ0n) is 8.53. The van der Waals surface area contributed by atoms with Gasteiger partial charge in [0.15, 0.2) is 0 Å². The highest BCUT2D eigenvalue weighted by Gasteiger charge is 2.26. The van der Waals surface area contributed by atoms with Gasteiger partial charge in [-0.05, 0) is 24.6 Å². The van der Waals surface area contributed by atoms with Crippen molar-refractivity contribution in [1.82, 2.24) is 4.90 Å². The summed E-state index contributed by atoms with van der Waals surface area (Å²) < 4.78 is 0. The largest absolute Gasteiger partial charge is 0.326 e. The van der Waals surface area contributed by atoms with Crippen molar-refractivity contribution in [3.8, 4) is 0 Å². The summed E-state index contributed by atoms with van der Waals surface area (Å²) >= 11 is 0. The average Bonchev–Trinajstić information content (AvgIpc) is 2.48. The minimum atomic E-state index is 0.0931. The molecule has 74 valence electrons. The number of carbonyl (C=O) groups excluding carboxylic acids is 1. The molecule has 1 fully saturated rings. The molecule has 1 aromatic carbocycles. The van der Waals surface area contributed by atoms with Crippen LogP contribution in [-0.4, -0.2) is 31.1 Å². The van der Waals surface area contributed by atoms with Crippen molar-refractivity contribution in [3.05, 3.63) is 29.8 Å². The van der Waals surface area contributed by atoms with Gasteiger partial charge in [-0.15, -0.1) is 0 Å². The molecular formula is C11H14N2O. The molecule has 1 aromatic rings. The van der Waals surface area contributed by atoms with E-state index in [4.69, 9.17) is 0 Å². The van der Waals surface area contributed by atoms with E-state index in [9.17, 15) is 4.79 Å². The number of likely N-dealkylation sites (N-methyl/N-ethyl adjacent to an activating group) is 1. The Labute approximate surface area is 83.9 Å². The maximum atomic E-state index is 11.7. The molecule has 0 bridgehead atoms. The Balaban J connectivity index is 2.28. The molecule has 0 radical (unpaired) electrons. The minimum absolute atomic E-state index is 0.0931. The summed E-state index contributed by atoms with van der Waals surface area (Å²) in [6.45, 7) is 3.64. The number of nitrogens with zero attached hydrogens (tertiary/aromatic N) is 2. The average molecular weight is 190 g/mol. The molecule has 0 aromatic heterocycles. The van der Waals surface area contributed by atoms with Crippen LogP contribution >= 0.6 is 0 Å². The van der Waals surface area contributed by atoms with Crippen LogP contribution in [0.3, 0.4) is 0 Å². The highest BCUT2D eigenvalue weighted by molar-refractivity contribution is 5.93. The number of hydrogen-bond donors (Lipinski definition) is 0. The lowest BCUT2D eigenvalue weighted by Gasteiger charge is -2.16. The Bertz CT molecular complexity index is 362. The third kappa shape index (κ3) is 1.45. The second-order valence-electron chi connectivity index (χ2n) is 3.69. The lowest BCUT2D eigenvalue weighted by Crippen LogP contribution is -2.29. The normalized spacial score (nSPS) is 16.6. The highest BCUT2D eigenvalue weighted by atomic mass is 16.2. The van der Waals surface area contributed by atoms with Gasteiger partial charge in [0.1, 0.15) is 0 Å². The van der Waals surface area contributed by atoms with Crippen LogP contribution < -0.4 is 4.90 Å². The molecule has 0 aliphatic carbocycles. The summed E-state index contributed by atoms with van der Waals surface area (Å²) in [5, 5.41) is 0. The van der Waals surface area contributed by atoms with Crippen LogP contribution in [0.5, 0.6) is 0 Å². The Kier molecular flexibility index (Phi) is 2.15. The second-order valence-corrected chi connectivity index (χ2v) is 3.69. The third-order valence-electron chi connectivity index (χ3n) is 2.53. The molecule has 3 heteroatoms. The number of carbonyl (C=O) groups is 1. The Morgan fingerprint density at radius 3 is 2.64 bits per heavy atom. The van der Waals surface area contributed by atoms with E-state index >= 15 is 0 Å². The van der Waals surface area contributed by atoms with Gasteiger partial charge in [-0.2, -0.15) is 0 Å². The van der Waals surface area contributed by atoms with Gasteiger partial charge in [0.25, 0.3) is 0 Å². The summed E-state index contributed by atoms with van der Waals surface area (Å²) in [6, 6.07) is 8.13. The van der Waals surface area contributed by atoms with Crippen LogP contribution in [0.1, 0.15) is 5.56 Å². The molecule has 0 spiro atoms. The molecule has 1 saturated heterocycles. The van der Waals surface area contributed by atoms with E-state index in [0.29, 0.717) is 0 Å². The standard InChI is InChI=1S/C11H14N2O/c1-9-4-3-5-10(8-9)13-7-6-12(2)11(13)14/h3-5,8H,6-7H2,1-2H3. The monoisotopic (exact) mass is 190 g/mol. The zero-order chi connectivity index (χ0) is 10.1. The summed E-state index contributed by atoms with van der Waals surface area (Å²) in [7, 11) is 1.83. The molecule has 2 rings (SSSR count). The van der Waals surface area contributed by atoms with Crippen molar-refractivity contribution >= 4 is 11.7 Å². The maximum Gasteiger partial charge on any atom is 0.324 e. The summed E-state index contributed by atoms with van der Waals surface area (Å²) in [5.41, 5.74) is 2.18. The number of aryl methyl sites for hydroxylation is 1. The molecule has 0 unspecified atom stereocenters.